The molecule has 0 saturated carbocycles. The third-order valence-corrected chi connectivity index (χ3v) is 5.41. The van der Waals surface area contributed by atoms with E-state index in [4.69, 9.17) is 16.3 Å². The Labute approximate surface area is 190 Å². The van der Waals surface area contributed by atoms with Crippen LogP contribution in [0.3, 0.4) is 0 Å². The summed E-state index contributed by atoms with van der Waals surface area (Å²) in [6.45, 7) is 7.43. The summed E-state index contributed by atoms with van der Waals surface area (Å²) in [7, 11) is 0. The number of benzene rings is 2. The molecule has 0 saturated heterocycles. The molecule has 0 spiro atoms. The molecule has 31 heavy (non-hydrogen) atoms. The molecule has 1 atom stereocenters. The van der Waals surface area contributed by atoms with Gasteiger partial charge in [0.05, 0.1) is 6.61 Å². The maximum Gasteiger partial charge on any atom is 0.242 e. The van der Waals surface area contributed by atoms with Gasteiger partial charge in [-0.3, -0.25) is 9.59 Å². The van der Waals surface area contributed by atoms with E-state index in [0.717, 1.165) is 23.3 Å². The van der Waals surface area contributed by atoms with Crippen LogP contribution in [0.25, 0.3) is 0 Å². The number of carbonyl (C=O) groups excluding carboxylic acids is 2. The maximum atomic E-state index is 13.2. The van der Waals surface area contributed by atoms with Crippen LogP contribution >= 0.6 is 11.6 Å². The molecular weight excluding hydrogens is 412 g/mol. The fraction of sp³-hybridized carbons (Fsp3) is 0.440. The molecule has 0 heterocycles. The fourth-order valence-electron chi connectivity index (χ4n) is 3.34. The zero-order valence-corrected chi connectivity index (χ0v) is 19.5. The second-order valence-electron chi connectivity index (χ2n) is 7.57. The SMILES string of the molecule is CCCNC(=O)[C@@H](CC)N(Cc1ccccc1C)C(=O)CCCOc1ccc(Cl)cc1. The summed E-state index contributed by atoms with van der Waals surface area (Å²) in [5.41, 5.74) is 2.16. The van der Waals surface area contributed by atoms with Gasteiger partial charge >= 0.3 is 0 Å². The van der Waals surface area contributed by atoms with Crippen molar-refractivity contribution in [2.24, 2.45) is 0 Å². The molecule has 0 aliphatic carbocycles. The Balaban J connectivity index is 2.04. The summed E-state index contributed by atoms with van der Waals surface area (Å²) in [4.78, 5) is 27.6. The van der Waals surface area contributed by atoms with Gasteiger partial charge in [0.15, 0.2) is 0 Å². The van der Waals surface area contributed by atoms with Crippen LogP contribution < -0.4 is 10.1 Å². The van der Waals surface area contributed by atoms with Crippen LogP contribution in [-0.4, -0.2) is 35.9 Å². The van der Waals surface area contributed by atoms with E-state index in [2.05, 4.69) is 5.32 Å². The normalized spacial score (nSPS) is 11.6. The summed E-state index contributed by atoms with van der Waals surface area (Å²) in [6, 6.07) is 14.6. The first-order valence-corrected chi connectivity index (χ1v) is 11.3. The molecule has 1 N–H and O–H groups in total. The van der Waals surface area contributed by atoms with E-state index in [9.17, 15) is 9.59 Å². The van der Waals surface area contributed by atoms with E-state index in [1.54, 1.807) is 29.2 Å². The smallest absolute Gasteiger partial charge is 0.242 e. The molecule has 6 heteroatoms. The van der Waals surface area contributed by atoms with Crippen LogP contribution in [0.2, 0.25) is 5.02 Å². The second kappa shape index (κ2) is 13.0. The third-order valence-electron chi connectivity index (χ3n) is 5.15. The van der Waals surface area contributed by atoms with Gasteiger partial charge in [0.2, 0.25) is 11.8 Å². The molecule has 0 bridgehead atoms. The van der Waals surface area contributed by atoms with Gasteiger partial charge in [-0.2, -0.15) is 0 Å². The van der Waals surface area contributed by atoms with Gasteiger partial charge < -0.3 is 15.0 Å². The molecule has 0 aliphatic rings. The van der Waals surface area contributed by atoms with Crippen LogP contribution in [0.15, 0.2) is 48.5 Å². The number of nitrogens with one attached hydrogen (secondary N) is 1. The monoisotopic (exact) mass is 444 g/mol. The molecule has 0 fully saturated rings. The summed E-state index contributed by atoms with van der Waals surface area (Å²) >= 11 is 5.89. The number of aryl methyl sites for hydroxylation is 1. The quantitative estimate of drug-likeness (QED) is 0.461. The number of hydrogen-bond donors (Lipinski definition) is 1. The molecule has 0 unspecified atom stereocenters. The van der Waals surface area contributed by atoms with E-state index in [0.29, 0.717) is 44.0 Å². The molecule has 0 aliphatic heterocycles. The van der Waals surface area contributed by atoms with Crippen molar-refractivity contribution in [1.29, 1.82) is 0 Å². The van der Waals surface area contributed by atoms with Gasteiger partial charge in [-0.05, 0) is 61.6 Å². The van der Waals surface area contributed by atoms with Crippen LogP contribution in [0.4, 0.5) is 0 Å². The lowest BCUT2D eigenvalue weighted by Gasteiger charge is -2.31. The van der Waals surface area contributed by atoms with Crippen molar-refractivity contribution >= 4 is 23.4 Å². The number of amides is 2. The maximum absolute atomic E-state index is 13.2. The zero-order chi connectivity index (χ0) is 22.6. The first kappa shape index (κ1) is 24.7. The predicted molar refractivity (Wildman–Crippen MR) is 125 cm³/mol. The van der Waals surface area contributed by atoms with Crippen LogP contribution in [0.5, 0.6) is 5.75 Å². The second-order valence-corrected chi connectivity index (χ2v) is 8.01. The first-order chi connectivity index (χ1) is 15.0. The van der Waals surface area contributed by atoms with E-state index < -0.39 is 6.04 Å². The van der Waals surface area contributed by atoms with Crippen molar-refractivity contribution < 1.29 is 14.3 Å². The number of nitrogens with zero attached hydrogens (tertiary/aromatic N) is 1. The number of rotatable bonds is 12. The van der Waals surface area contributed by atoms with Crippen LogP contribution in [0.1, 0.15) is 50.7 Å². The van der Waals surface area contributed by atoms with E-state index in [1.165, 1.54) is 0 Å². The molecule has 2 aromatic rings. The Bertz CT molecular complexity index is 839. The van der Waals surface area contributed by atoms with Crippen LogP contribution in [-0.2, 0) is 16.1 Å². The largest absolute Gasteiger partial charge is 0.494 e. The van der Waals surface area contributed by atoms with E-state index in [1.807, 2.05) is 45.0 Å². The highest BCUT2D eigenvalue weighted by molar-refractivity contribution is 6.30. The highest BCUT2D eigenvalue weighted by atomic mass is 35.5. The summed E-state index contributed by atoms with van der Waals surface area (Å²) in [5.74, 6) is 0.587. The summed E-state index contributed by atoms with van der Waals surface area (Å²) in [6.07, 6.45) is 2.31. The van der Waals surface area contributed by atoms with Crippen LogP contribution in [0, 0.1) is 6.92 Å². The molecule has 0 radical (unpaired) electrons. The van der Waals surface area contributed by atoms with Crippen molar-refractivity contribution in [1.82, 2.24) is 10.2 Å². The molecule has 2 amide bonds. The number of carbonyl (C=O) groups is 2. The van der Waals surface area contributed by atoms with Gasteiger partial charge in [-0.15, -0.1) is 0 Å². The van der Waals surface area contributed by atoms with Gasteiger partial charge in [0.25, 0.3) is 0 Å². The van der Waals surface area contributed by atoms with Crippen molar-refractivity contribution in [3.8, 4) is 5.75 Å². The van der Waals surface area contributed by atoms with Gasteiger partial charge in [-0.1, -0.05) is 49.7 Å². The summed E-state index contributed by atoms with van der Waals surface area (Å²) < 4.78 is 5.71. The summed E-state index contributed by atoms with van der Waals surface area (Å²) in [5, 5.41) is 3.60. The Kier molecular flexibility index (Phi) is 10.4. The minimum Gasteiger partial charge on any atom is -0.494 e. The van der Waals surface area contributed by atoms with E-state index >= 15 is 0 Å². The Morgan fingerprint density at radius 3 is 2.45 bits per heavy atom. The minimum absolute atomic E-state index is 0.0403. The fourth-order valence-corrected chi connectivity index (χ4v) is 3.47. The third kappa shape index (κ3) is 7.91. The molecular formula is C25H33ClN2O3. The van der Waals surface area contributed by atoms with Crippen molar-refractivity contribution in [3.63, 3.8) is 0 Å². The lowest BCUT2D eigenvalue weighted by atomic mass is 10.1. The highest BCUT2D eigenvalue weighted by Crippen LogP contribution is 2.18. The number of ether oxygens (including phenoxy) is 1. The number of hydrogen-bond acceptors (Lipinski definition) is 3. The molecule has 2 rings (SSSR count). The average Bonchev–Trinajstić information content (AvgIpc) is 2.77. The van der Waals surface area contributed by atoms with Gasteiger partial charge in [0, 0.05) is 24.5 Å². The first-order valence-electron chi connectivity index (χ1n) is 11.0. The topological polar surface area (TPSA) is 58.6 Å². The standard InChI is InChI=1S/C25H33ClN2O3/c1-4-16-27-25(30)23(5-2)28(18-20-10-7-6-9-19(20)3)24(29)11-8-17-31-22-14-12-21(26)13-15-22/h6-7,9-10,12-15,23H,4-5,8,11,16-18H2,1-3H3,(H,27,30)/t23-/m1/s1. The highest BCUT2D eigenvalue weighted by Gasteiger charge is 2.28. The molecule has 2 aromatic carbocycles. The van der Waals surface area contributed by atoms with E-state index in [-0.39, 0.29) is 11.8 Å². The molecule has 0 aromatic heterocycles. The number of halogens is 1. The predicted octanol–water partition coefficient (Wildman–Crippen LogP) is 5.14. The lowest BCUT2D eigenvalue weighted by molar-refractivity contribution is -0.141. The Morgan fingerprint density at radius 1 is 1.10 bits per heavy atom. The Hall–Kier alpha value is -2.53. The average molecular weight is 445 g/mol. The minimum atomic E-state index is -0.490. The van der Waals surface area contributed by atoms with Crippen molar-refractivity contribution in [3.05, 3.63) is 64.7 Å². The lowest BCUT2D eigenvalue weighted by Crippen LogP contribution is -2.49. The van der Waals surface area contributed by atoms with Crippen molar-refractivity contribution in [2.75, 3.05) is 13.2 Å². The Morgan fingerprint density at radius 2 is 1.81 bits per heavy atom. The van der Waals surface area contributed by atoms with Crippen molar-refractivity contribution in [2.45, 2.75) is 59.0 Å². The molecule has 168 valence electrons. The zero-order valence-electron chi connectivity index (χ0n) is 18.7. The van der Waals surface area contributed by atoms with Gasteiger partial charge in [0.1, 0.15) is 11.8 Å². The molecule has 5 nitrogen and oxygen atoms in total. The van der Waals surface area contributed by atoms with Gasteiger partial charge in [-0.25, -0.2) is 0 Å².